The smallest absolute Gasteiger partial charge is 0.289 e. The van der Waals surface area contributed by atoms with Crippen LogP contribution in [0.4, 0.5) is 5.69 Å². The largest absolute Gasteiger partial charge is 0.378 e. The number of ether oxygens (including phenoxy) is 1. The maximum atomic E-state index is 12.6. The summed E-state index contributed by atoms with van der Waals surface area (Å²) in [5.74, 6) is 0.127. The molecule has 1 aromatic carbocycles. The monoisotopic (exact) mass is 441 g/mol. The molecule has 1 amide bonds. The van der Waals surface area contributed by atoms with Gasteiger partial charge in [0.15, 0.2) is 0 Å². The molecule has 1 N–H and O–H groups in total. The molecule has 1 saturated heterocycles. The summed E-state index contributed by atoms with van der Waals surface area (Å²) < 4.78 is 5.46. The number of anilines is 1. The molecule has 3 aromatic rings. The number of pyridine rings is 1. The highest BCUT2D eigenvalue weighted by atomic mass is 16.5. The minimum absolute atomic E-state index is 0.179. The first-order valence-corrected chi connectivity index (χ1v) is 11.4. The van der Waals surface area contributed by atoms with Crippen molar-refractivity contribution in [2.24, 2.45) is 0 Å². The zero-order valence-electron chi connectivity index (χ0n) is 18.7. The van der Waals surface area contributed by atoms with Gasteiger partial charge in [-0.3, -0.25) is 9.78 Å². The summed E-state index contributed by atoms with van der Waals surface area (Å²) in [4.78, 5) is 28.2. The van der Waals surface area contributed by atoms with Crippen LogP contribution in [-0.2, 0) is 11.2 Å². The number of benzene rings is 1. The van der Waals surface area contributed by atoms with E-state index in [1.54, 1.807) is 12.4 Å². The molecular formula is C26H27N5O2. The summed E-state index contributed by atoms with van der Waals surface area (Å²) >= 11 is 0. The lowest BCUT2D eigenvalue weighted by atomic mass is 10.0. The van der Waals surface area contributed by atoms with Crippen LogP contribution in [0.1, 0.15) is 45.8 Å². The fraction of sp³-hybridized carbons (Fsp3) is 0.308. The SMILES string of the molecule is C[C@H](CNC(=O)c1ncc(C2=CCc3ncc(N4CCOCC4)cc32)cn1)c1ccccc1. The van der Waals surface area contributed by atoms with Crippen LogP contribution in [0, 0.1) is 0 Å². The van der Waals surface area contributed by atoms with E-state index in [9.17, 15) is 4.79 Å². The van der Waals surface area contributed by atoms with Crippen LogP contribution in [0.2, 0.25) is 0 Å². The molecule has 3 heterocycles. The molecule has 7 heteroatoms. The molecule has 168 valence electrons. The highest BCUT2D eigenvalue weighted by Crippen LogP contribution is 2.33. The van der Waals surface area contributed by atoms with E-state index < -0.39 is 0 Å². The molecule has 2 aliphatic rings. The summed E-state index contributed by atoms with van der Waals surface area (Å²) in [6.07, 6.45) is 8.34. The third kappa shape index (κ3) is 4.64. The van der Waals surface area contributed by atoms with Crippen molar-refractivity contribution in [3.8, 4) is 0 Å². The van der Waals surface area contributed by atoms with Crippen molar-refractivity contribution < 1.29 is 9.53 Å². The number of aromatic nitrogens is 3. The molecule has 7 nitrogen and oxygen atoms in total. The molecule has 1 aliphatic heterocycles. The van der Waals surface area contributed by atoms with E-state index in [-0.39, 0.29) is 17.6 Å². The van der Waals surface area contributed by atoms with Gasteiger partial charge in [-0.25, -0.2) is 9.97 Å². The van der Waals surface area contributed by atoms with Gasteiger partial charge in [-0.1, -0.05) is 43.3 Å². The molecule has 0 saturated carbocycles. The van der Waals surface area contributed by atoms with Gasteiger partial charge in [-0.15, -0.1) is 0 Å². The Balaban J connectivity index is 1.26. The van der Waals surface area contributed by atoms with Crippen LogP contribution in [0.15, 0.2) is 61.1 Å². The summed E-state index contributed by atoms with van der Waals surface area (Å²) in [7, 11) is 0. The van der Waals surface area contributed by atoms with Gasteiger partial charge in [-0.2, -0.15) is 0 Å². The second-order valence-corrected chi connectivity index (χ2v) is 8.43. The fourth-order valence-corrected chi connectivity index (χ4v) is 4.26. The Morgan fingerprint density at radius 2 is 1.85 bits per heavy atom. The van der Waals surface area contributed by atoms with Gasteiger partial charge in [0.05, 0.1) is 30.8 Å². The van der Waals surface area contributed by atoms with E-state index in [0.29, 0.717) is 6.54 Å². The Bertz CT molecular complexity index is 1160. The molecule has 0 radical (unpaired) electrons. The Hall–Kier alpha value is -3.58. The molecular weight excluding hydrogens is 414 g/mol. The second-order valence-electron chi connectivity index (χ2n) is 8.43. The van der Waals surface area contributed by atoms with Gasteiger partial charge < -0.3 is 15.0 Å². The molecule has 0 bridgehead atoms. The Morgan fingerprint density at radius 1 is 1.09 bits per heavy atom. The first-order valence-electron chi connectivity index (χ1n) is 11.4. The summed E-state index contributed by atoms with van der Waals surface area (Å²) in [5.41, 5.74) is 6.41. The first kappa shape index (κ1) is 21.3. The van der Waals surface area contributed by atoms with Crippen molar-refractivity contribution in [3.05, 3.63) is 89.3 Å². The van der Waals surface area contributed by atoms with Crippen LogP contribution in [0.3, 0.4) is 0 Å². The van der Waals surface area contributed by atoms with Gasteiger partial charge >= 0.3 is 0 Å². The molecule has 2 aromatic heterocycles. The number of allylic oxidation sites excluding steroid dienone is 1. The third-order valence-corrected chi connectivity index (χ3v) is 6.23. The number of nitrogens with zero attached hydrogens (tertiary/aromatic N) is 4. The number of amides is 1. The predicted octanol–water partition coefficient (Wildman–Crippen LogP) is 3.23. The topological polar surface area (TPSA) is 80.2 Å². The highest BCUT2D eigenvalue weighted by molar-refractivity contribution is 5.91. The van der Waals surface area contributed by atoms with Crippen LogP contribution < -0.4 is 10.2 Å². The number of hydrogen-bond donors (Lipinski definition) is 1. The van der Waals surface area contributed by atoms with Gasteiger partial charge in [0.2, 0.25) is 5.82 Å². The number of carbonyl (C=O) groups excluding carboxylic acids is 1. The standard InChI is InChI=1S/C26H27N5O2/c1-18(19-5-3-2-4-6-19)14-30-26(32)25-28-15-20(16-29-25)22-7-8-24-23(22)13-21(17-27-24)31-9-11-33-12-10-31/h2-7,13,15-18H,8-12,14H2,1H3,(H,30,32)/t18-/m1/s1. The van der Waals surface area contributed by atoms with Crippen molar-refractivity contribution >= 4 is 17.2 Å². The summed E-state index contributed by atoms with van der Waals surface area (Å²) in [6, 6.07) is 12.3. The lowest BCUT2D eigenvalue weighted by Gasteiger charge is -2.29. The molecule has 5 rings (SSSR count). The van der Waals surface area contributed by atoms with E-state index in [2.05, 4.69) is 56.4 Å². The lowest BCUT2D eigenvalue weighted by molar-refractivity contribution is 0.0941. The minimum atomic E-state index is -0.263. The van der Waals surface area contributed by atoms with Crippen molar-refractivity contribution in [2.45, 2.75) is 19.3 Å². The van der Waals surface area contributed by atoms with Gasteiger partial charge in [0.25, 0.3) is 5.91 Å². The van der Waals surface area contributed by atoms with Gasteiger partial charge in [0, 0.05) is 49.6 Å². The number of nitrogens with one attached hydrogen (secondary N) is 1. The van der Waals surface area contributed by atoms with E-state index in [1.807, 2.05) is 24.4 Å². The van der Waals surface area contributed by atoms with E-state index in [0.717, 1.165) is 60.8 Å². The number of hydrogen-bond acceptors (Lipinski definition) is 6. The number of carbonyl (C=O) groups is 1. The number of morpholine rings is 1. The van der Waals surface area contributed by atoms with E-state index in [4.69, 9.17) is 4.74 Å². The van der Waals surface area contributed by atoms with Crippen LogP contribution >= 0.6 is 0 Å². The average molecular weight is 442 g/mol. The first-order chi connectivity index (χ1) is 16.2. The molecule has 0 unspecified atom stereocenters. The molecule has 33 heavy (non-hydrogen) atoms. The third-order valence-electron chi connectivity index (χ3n) is 6.23. The van der Waals surface area contributed by atoms with E-state index >= 15 is 0 Å². The Kier molecular flexibility index (Phi) is 6.13. The van der Waals surface area contributed by atoms with E-state index in [1.165, 1.54) is 5.56 Å². The summed E-state index contributed by atoms with van der Waals surface area (Å²) in [5, 5.41) is 2.94. The van der Waals surface area contributed by atoms with Gasteiger partial charge in [0.1, 0.15) is 0 Å². The zero-order valence-corrected chi connectivity index (χ0v) is 18.7. The van der Waals surface area contributed by atoms with Crippen molar-refractivity contribution in [1.29, 1.82) is 0 Å². The Labute approximate surface area is 193 Å². The maximum Gasteiger partial charge on any atom is 0.289 e. The number of rotatable bonds is 6. The summed E-state index contributed by atoms with van der Waals surface area (Å²) in [6.45, 7) is 5.83. The Morgan fingerprint density at radius 3 is 2.61 bits per heavy atom. The fourth-order valence-electron chi connectivity index (χ4n) is 4.26. The normalized spacial score (nSPS) is 16.2. The maximum absolute atomic E-state index is 12.6. The van der Waals surface area contributed by atoms with Crippen molar-refractivity contribution in [3.63, 3.8) is 0 Å². The molecule has 1 fully saturated rings. The quantitative estimate of drug-likeness (QED) is 0.633. The van der Waals surface area contributed by atoms with Crippen LogP contribution in [0.25, 0.3) is 5.57 Å². The number of fused-ring (bicyclic) bond motifs is 1. The minimum Gasteiger partial charge on any atom is -0.378 e. The average Bonchev–Trinajstić information content (AvgIpc) is 3.31. The second kappa shape index (κ2) is 9.50. The predicted molar refractivity (Wildman–Crippen MR) is 127 cm³/mol. The van der Waals surface area contributed by atoms with Crippen LogP contribution in [0.5, 0.6) is 0 Å². The van der Waals surface area contributed by atoms with Crippen molar-refractivity contribution in [2.75, 3.05) is 37.7 Å². The van der Waals surface area contributed by atoms with Crippen LogP contribution in [-0.4, -0.2) is 53.7 Å². The zero-order chi connectivity index (χ0) is 22.6. The van der Waals surface area contributed by atoms with Crippen molar-refractivity contribution in [1.82, 2.24) is 20.3 Å². The highest BCUT2D eigenvalue weighted by Gasteiger charge is 2.21. The molecule has 1 atom stereocenters. The lowest BCUT2D eigenvalue weighted by Crippen LogP contribution is -2.36. The molecule has 0 spiro atoms. The van der Waals surface area contributed by atoms with Gasteiger partial charge in [-0.05, 0) is 23.1 Å². The molecule has 1 aliphatic carbocycles.